The van der Waals surface area contributed by atoms with Crippen LogP contribution in [0.25, 0.3) is 5.57 Å². The minimum Gasteiger partial charge on any atom is -0.423 e. The van der Waals surface area contributed by atoms with Crippen LogP contribution >= 0.6 is 0 Å². The van der Waals surface area contributed by atoms with Crippen LogP contribution in [0.15, 0.2) is 66.4 Å². The fraction of sp³-hybridized carbons (Fsp3) is 0.190. The van der Waals surface area contributed by atoms with Gasteiger partial charge in [0.15, 0.2) is 0 Å². The van der Waals surface area contributed by atoms with Crippen LogP contribution in [0.1, 0.15) is 11.1 Å². The van der Waals surface area contributed by atoms with E-state index in [9.17, 15) is 4.79 Å². The second-order valence-corrected chi connectivity index (χ2v) is 6.38. The van der Waals surface area contributed by atoms with Crippen molar-refractivity contribution in [3.05, 3.63) is 77.6 Å². The molecule has 0 radical (unpaired) electrons. The molecule has 1 heterocycles. The molecule has 0 aromatic heterocycles. The largest absolute Gasteiger partial charge is 0.423 e. The summed E-state index contributed by atoms with van der Waals surface area (Å²) in [5.74, 6) is 0.252. The second-order valence-electron chi connectivity index (χ2n) is 6.38. The lowest BCUT2D eigenvalue weighted by Gasteiger charge is -2.16. The summed E-state index contributed by atoms with van der Waals surface area (Å²) in [4.78, 5) is 15.7. The van der Waals surface area contributed by atoms with Gasteiger partial charge in [0.2, 0.25) is 0 Å². The van der Waals surface area contributed by atoms with E-state index in [-0.39, 0.29) is 5.97 Å². The first kappa shape index (κ1) is 16.8. The predicted molar refractivity (Wildman–Crippen MR) is 103 cm³/mol. The number of rotatable bonds is 4. The van der Waals surface area contributed by atoms with E-state index < -0.39 is 0 Å². The Morgan fingerprint density at radius 3 is 1.48 bits per heavy atom. The third-order valence-electron chi connectivity index (χ3n) is 4.17. The molecule has 4 heteroatoms. The van der Waals surface area contributed by atoms with Gasteiger partial charge in [-0.1, -0.05) is 24.3 Å². The Hall–Kier alpha value is -3.01. The summed E-state index contributed by atoms with van der Waals surface area (Å²) in [7, 11) is 8.04. The molecule has 0 saturated carbocycles. The second kappa shape index (κ2) is 6.85. The first-order valence-electron chi connectivity index (χ1n) is 8.15. The van der Waals surface area contributed by atoms with Crippen LogP contribution in [-0.2, 0) is 9.53 Å². The van der Waals surface area contributed by atoms with Crippen molar-refractivity contribution in [2.75, 3.05) is 38.0 Å². The summed E-state index contributed by atoms with van der Waals surface area (Å²) in [6.45, 7) is 0. The van der Waals surface area contributed by atoms with Gasteiger partial charge in [-0.25, -0.2) is 4.79 Å². The van der Waals surface area contributed by atoms with Crippen LogP contribution < -0.4 is 9.80 Å². The van der Waals surface area contributed by atoms with Gasteiger partial charge in [-0.3, -0.25) is 0 Å². The number of esters is 1. The van der Waals surface area contributed by atoms with Crippen LogP contribution in [0.4, 0.5) is 11.4 Å². The summed E-state index contributed by atoms with van der Waals surface area (Å²) in [6, 6.07) is 16.5. The quantitative estimate of drug-likeness (QED) is 0.799. The molecule has 0 bridgehead atoms. The highest BCUT2D eigenvalue weighted by molar-refractivity contribution is 5.92. The molecular formula is C21H22N2O2. The molecule has 3 rings (SSSR count). The average molecular weight is 334 g/mol. The molecule has 0 spiro atoms. The smallest absolute Gasteiger partial charge is 0.336 e. The molecule has 0 unspecified atom stereocenters. The average Bonchev–Trinajstić information content (AvgIpc) is 3.02. The minimum absolute atomic E-state index is 0.331. The lowest BCUT2D eigenvalue weighted by Crippen LogP contribution is -2.08. The van der Waals surface area contributed by atoms with E-state index in [1.165, 1.54) is 6.08 Å². The number of allylic oxidation sites excluding steroid dienone is 1. The maximum absolute atomic E-state index is 11.6. The van der Waals surface area contributed by atoms with Gasteiger partial charge < -0.3 is 14.5 Å². The van der Waals surface area contributed by atoms with Crippen LogP contribution in [0.2, 0.25) is 0 Å². The molecule has 128 valence electrons. The van der Waals surface area contributed by atoms with Crippen molar-refractivity contribution in [1.29, 1.82) is 0 Å². The zero-order valence-electron chi connectivity index (χ0n) is 15.0. The number of hydrogen-bond acceptors (Lipinski definition) is 4. The standard InChI is InChI=1S/C21H22N2O2/c1-22(2)17-9-5-15(6-10-17)21(19-13-14-20(24)25-19)16-7-11-18(12-8-16)23(3)4/h5-14H,1-4H3. The van der Waals surface area contributed by atoms with Crippen molar-refractivity contribution >= 4 is 22.9 Å². The Morgan fingerprint density at radius 2 is 1.16 bits per heavy atom. The van der Waals surface area contributed by atoms with Crippen LogP contribution in [-0.4, -0.2) is 34.2 Å². The molecule has 2 aromatic rings. The summed E-state index contributed by atoms with van der Waals surface area (Å²) in [6.07, 6.45) is 3.19. The lowest BCUT2D eigenvalue weighted by molar-refractivity contribution is -0.132. The molecule has 1 aliphatic heterocycles. The molecule has 1 aliphatic rings. The number of carbonyl (C=O) groups is 1. The van der Waals surface area contributed by atoms with Crippen molar-refractivity contribution < 1.29 is 9.53 Å². The maximum atomic E-state index is 11.6. The van der Waals surface area contributed by atoms with Gasteiger partial charge >= 0.3 is 5.97 Å². The SMILES string of the molecule is CN(C)c1ccc(C(=C2C=CC(=O)O2)c2ccc(N(C)C)cc2)cc1. The topological polar surface area (TPSA) is 32.8 Å². The first-order valence-corrected chi connectivity index (χ1v) is 8.15. The molecule has 0 atom stereocenters. The molecule has 0 N–H and O–H groups in total. The van der Waals surface area contributed by atoms with Gasteiger partial charge in [-0.2, -0.15) is 0 Å². The summed E-state index contributed by atoms with van der Waals surface area (Å²) < 4.78 is 5.40. The Balaban J connectivity index is 2.08. The molecule has 0 saturated heterocycles. The third-order valence-corrected chi connectivity index (χ3v) is 4.17. The molecule has 0 aliphatic carbocycles. The molecule has 2 aromatic carbocycles. The van der Waals surface area contributed by atoms with Gasteiger partial charge in [-0.05, 0) is 41.5 Å². The Kier molecular flexibility index (Phi) is 4.61. The number of cyclic esters (lactones) is 1. The normalized spacial score (nSPS) is 13.0. The van der Waals surface area contributed by atoms with Crippen LogP contribution in [0.3, 0.4) is 0 Å². The summed E-state index contributed by atoms with van der Waals surface area (Å²) in [5, 5.41) is 0. The zero-order chi connectivity index (χ0) is 18.0. The van der Waals surface area contributed by atoms with Crippen molar-refractivity contribution in [2.24, 2.45) is 0 Å². The van der Waals surface area contributed by atoms with E-state index in [1.807, 2.05) is 28.2 Å². The summed E-state index contributed by atoms with van der Waals surface area (Å²) >= 11 is 0. The van der Waals surface area contributed by atoms with Gasteiger partial charge in [0.1, 0.15) is 5.76 Å². The number of benzene rings is 2. The van der Waals surface area contributed by atoms with Crippen LogP contribution in [0.5, 0.6) is 0 Å². The summed E-state index contributed by atoms with van der Waals surface area (Å²) in [5.41, 5.74) is 5.18. The number of nitrogens with zero attached hydrogens (tertiary/aromatic N) is 2. The Morgan fingerprint density at radius 1 is 0.720 bits per heavy atom. The molecule has 4 nitrogen and oxygen atoms in total. The van der Waals surface area contributed by atoms with Gasteiger partial charge in [0, 0.05) is 51.2 Å². The van der Waals surface area contributed by atoms with Gasteiger partial charge in [-0.15, -0.1) is 0 Å². The van der Waals surface area contributed by atoms with E-state index in [0.29, 0.717) is 5.76 Å². The fourth-order valence-electron chi connectivity index (χ4n) is 2.76. The van der Waals surface area contributed by atoms with Gasteiger partial charge in [0.25, 0.3) is 0 Å². The Labute approximate surface area is 148 Å². The number of anilines is 2. The van der Waals surface area contributed by atoms with E-state index in [1.54, 1.807) is 6.08 Å². The highest BCUT2D eigenvalue weighted by atomic mass is 16.5. The highest BCUT2D eigenvalue weighted by Gasteiger charge is 2.18. The number of carbonyl (C=O) groups excluding carboxylic acids is 1. The first-order chi connectivity index (χ1) is 12.0. The maximum Gasteiger partial charge on any atom is 0.336 e. The zero-order valence-corrected chi connectivity index (χ0v) is 15.0. The van der Waals surface area contributed by atoms with E-state index in [2.05, 4.69) is 58.3 Å². The van der Waals surface area contributed by atoms with Gasteiger partial charge in [0.05, 0.1) is 0 Å². The fourth-order valence-corrected chi connectivity index (χ4v) is 2.76. The van der Waals surface area contributed by atoms with E-state index in [0.717, 1.165) is 28.1 Å². The molecule has 25 heavy (non-hydrogen) atoms. The van der Waals surface area contributed by atoms with Crippen LogP contribution in [0, 0.1) is 0 Å². The molecule has 0 fully saturated rings. The minimum atomic E-state index is -0.331. The van der Waals surface area contributed by atoms with Crippen molar-refractivity contribution in [1.82, 2.24) is 0 Å². The third kappa shape index (κ3) is 3.58. The monoisotopic (exact) mass is 334 g/mol. The van der Waals surface area contributed by atoms with Crippen molar-refractivity contribution in [3.63, 3.8) is 0 Å². The van der Waals surface area contributed by atoms with E-state index in [4.69, 9.17) is 4.74 Å². The molecular weight excluding hydrogens is 312 g/mol. The Bertz CT molecular complexity index is 776. The van der Waals surface area contributed by atoms with E-state index >= 15 is 0 Å². The number of ether oxygens (including phenoxy) is 1. The predicted octanol–water partition coefficient (Wildman–Crippen LogP) is 3.69. The highest BCUT2D eigenvalue weighted by Crippen LogP contribution is 2.32. The van der Waals surface area contributed by atoms with Crippen molar-refractivity contribution in [3.8, 4) is 0 Å². The van der Waals surface area contributed by atoms with Crippen molar-refractivity contribution in [2.45, 2.75) is 0 Å². The molecule has 0 amide bonds. The lowest BCUT2D eigenvalue weighted by atomic mass is 9.96. The number of hydrogen-bond donors (Lipinski definition) is 0.